The fourth-order valence-electron chi connectivity index (χ4n) is 2.31. The van der Waals surface area contributed by atoms with E-state index < -0.39 is 0 Å². The number of rotatable bonds is 8. The molecule has 2 rings (SSSR count). The molecule has 6 heteroatoms. The van der Waals surface area contributed by atoms with Crippen LogP contribution in [0.1, 0.15) is 42.7 Å². The van der Waals surface area contributed by atoms with Gasteiger partial charge in [0.1, 0.15) is 0 Å². The molecule has 1 fully saturated rings. The van der Waals surface area contributed by atoms with Crippen LogP contribution in [0.25, 0.3) is 0 Å². The third-order valence-electron chi connectivity index (χ3n) is 4.01. The highest BCUT2D eigenvalue weighted by atomic mass is 35.5. The van der Waals surface area contributed by atoms with Crippen LogP contribution in [0, 0.1) is 5.41 Å². The van der Waals surface area contributed by atoms with Gasteiger partial charge >= 0.3 is 5.97 Å². The summed E-state index contributed by atoms with van der Waals surface area (Å²) in [6.45, 7) is 2.11. The average molecular weight is 348 g/mol. The highest BCUT2D eigenvalue weighted by molar-refractivity contribution is 7.99. The van der Waals surface area contributed by atoms with E-state index in [1.165, 1.54) is 12.0 Å². The van der Waals surface area contributed by atoms with Crippen molar-refractivity contribution < 1.29 is 9.53 Å². The van der Waals surface area contributed by atoms with Crippen LogP contribution >= 0.6 is 34.7 Å². The quantitative estimate of drug-likeness (QED) is 0.714. The monoisotopic (exact) mass is 347 g/mol. The SMILES string of the molecule is CCC(N)C(SCC1(CC(=O)OC)CC1)c1ccc(Cl)s1. The Labute approximate surface area is 139 Å². The second kappa shape index (κ2) is 7.36. The maximum atomic E-state index is 11.5. The molecule has 1 heterocycles. The number of hydrogen-bond acceptors (Lipinski definition) is 5. The van der Waals surface area contributed by atoms with Gasteiger partial charge in [0.05, 0.1) is 23.1 Å². The largest absolute Gasteiger partial charge is 0.469 e. The van der Waals surface area contributed by atoms with Gasteiger partial charge < -0.3 is 10.5 Å². The van der Waals surface area contributed by atoms with Crippen molar-refractivity contribution in [3.8, 4) is 0 Å². The first-order chi connectivity index (χ1) is 9.99. The summed E-state index contributed by atoms with van der Waals surface area (Å²) in [5, 5.41) is 0.252. The van der Waals surface area contributed by atoms with Crippen molar-refractivity contribution in [3.05, 3.63) is 21.3 Å². The van der Waals surface area contributed by atoms with Gasteiger partial charge in [-0.1, -0.05) is 18.5 Å². The highest BCUT2D eigenvalue weighted by Crippen LogP contribution is 2.53. The van der Waals surface area contributed by atoms with Gasteiger partial charge in [-0.3, -0.25) is 4.79 Å². The Morgan fingerprint density at radius 2 is 2.29 bits per heavy atom. The highest BCUT2D eigenvalue weighted by Gasteiger charge is 2.45. The molecule has 0 aliphatic heterocycles. The number of carbonyl (C=O) groups is 1. The number of thioether (sulfide) groups is 1. The zero-order chi connectivity index (χ0) is 15.5. The van der Waals surface area contributed by atoms with Crippen molar-refractivity contribution in [2.45, 2.75) is 43.9 Å². The fourth-order valence-corrected chi connectivity index (χ4v) is 5.38. The smallest absolute Gasteiger partial charge is 0.306 e. The summed E-state index contributed by atoms with van der Waals surface area (Å²) in [4.78, 5) is 12.7. The maximum Gasteiger partial charge on any atom is 0.306 e. The van der Waals surface area contributed by atoms with Crippen molar-refractivity contribution in [2.75, 3.05) is 12.9 Å². The summed E-state index contributed by atoms with van der Waals surface area (Å²) < 4.78 is 5.60. The molecule has 0 radical (unpaired) electrons. The van der Waals surface area contributed by atoms with Crippen molar-refractivity contribution in [1.82, 2.24) is 0 Å². The van der Waals surface area contributed by atoms with E-state index in [2.05, 4.69) is 13.0 Å². The lowest BCUT2D eigenvalue weighted by atomic mass is 10.1. The number of halogens is 1. The molecule has 1 aliphatic carbocycles. The summed E-state index contributed by atoms with van der Waals surface area (Å²) in [6, 6.07) is 4.11. The molecule has 2 unspecified atom stereocenters. The first-order valence-electron chi connectivity index (χ1n) is 7.19. The van der Waals surface area contributed by atoms with Gasteiger partial charge in [0.2, 0.25) is 0 Å². The number of thiophene rings is 1. The van der Waals surface area contributed by atoms with Gasteiger partial charge in [-0.2, -0.15) is 11.8 Å². The molecule has 1 aromatic rings. The molecule has 0 aromatic carbocycles. The number of ether oxygens (including phenoxy) is 1. The van der Waals surface area contributed by atoms with Crippen molar-refractivity contribution in [2.24, 2.45) is 11.1 Å². The molecule has 0 amide bonds. The molecular formula is C15H22ClNO2S2. The molecule has 3 nitrogen and oxygen atoms in total. The minimum atomic E-state index is -0.108. The van der Waals surface area contributed by atoms with E-state index in [1.807, 2.05) is 17.8 Å². The Morgan fingerprint density at radius 1 is 1.57 bits per heavy atom. The zero-order valence-corrected chi connectivity index (χ0v) is 14.8. The van der Waals surface area contributed by atoms with Crippen LogP contribution in [0.2, 0.25) is 4.34 Å². The molecule has 2 N–H and O–H groups in total. The van der Waals surface area contributed by atoms with E-state index in [0.29, 0.717) is 6.42 Å². The normalized spacial score (nSPS) is 19.0. The fraction of sp³-hybridized carbons (Fsp3) is 0.667. The van der Waals surface area contributed by atoms with E-state index in [1.54, 1.807) is 11.3 Å². The molecule has 0 saturated heterocycles. The molecule has 21 heavy (non-hydrogen) atoms. The minimum Gasteiger partial charge on any atom is -0.469 e. The van der Waals surface area contributed by atoms with Crippen LogP contribution in [0.15, 0.2) is 12.1 Å². The van der Waals surface area contributed by atoms with Gasteiger partial charge in [-0.25, -0.2) is 0 Å². The van der Waals surface area contributed by atoms with Crippen molar-refractivity contribution in [3.63, 3.8) is 0 Å². The van der Waals surface area contributed by atoms with Crippen LogP contribution in [-0.2, 0) is 9.53 Å². The summed E-state index contributed by atoms with van der Waals surface area (Å²) in [5.41, 5.74) is 6.42. The third-order valence-corrected chi connectivity index (χ3v) is 7.21. The number of hydrogen-bond donors (Lipinski definition) is 1. The number of nitrogens with two attached hydrogens (primary N) is 1. The molecule has 0 spiro atoms. The lowest BCUT2D eigenvalue weighted by molar-refractivity contribution is -0.141. The number of methoxy groups -OCH3 is 1. The first-order valence-corrected chi connectivity index (χ1v) is 9.43. The van der Waals surface area contributed by atoms with Crippen LogP contribution in [0.4, 0.5) is 0 Å². The van der Waals surface area contributed by atoms with Gasteiger partial charge in [0.15, 0.2) is 0 Å². The second-order valence-electron chi connectivity index (χ2n) is 5.70. The lowest BCUT2D eigenvalue weighted by Crippen LogP contribution is -2.26. The van der Waals surface area contributed by atoms with E-state index in [-0.39, 0.29) is 22.7 Å². The van der Waals surface area contributed by atoms with E-state index in [9.17, 15) is 4.79 Å². The minimum absolute atomic E-state index is 0.108. The molecule has 2 atom stereocenters. The Hall–Kier alpha value is -0.230. The standard InChI is InChI=1S/C15H22ClNO2S2/c1-3-10(17)14(11-4-5-12(16)21-11)20-9-15(6-7-15)8-13(18)19-2/h4-5,10,14H,3,6-9,17H2,1-2H3. The average Bonchev–Trinajstić information content (AvgIpc) is 3.10. The Bertz CT molecular complexity index is 488. The molecule has 0 bridgehead atoms. The predicted molar refractivity (Wildman–Crippen MR) is 91.1 cm³/mol. The van der Waals surface area contributed by atoms with Crippen LogP contribution in [0.3, 0.4) is 0 Å². The molecule has 118 valence electrons. The number of esters is 1. The number of carbonyl (C=O) groups excluding carboxylic acids is 1. The van der Waals surface area contributed by atoms with E-state index in [4.69, 9.17) is 22.1 Å². The summed E-state index contributed by atoms with van der Waals surface area (Å²) in [5.74, 6) is 0.847. The van der Waals surface area contributed by atoms with Crippen molar-refractivity contribution in [1.29, 1.82) is 0 Å². The Kier molecular flexibility index (Phi) is 6.00. The molecule has 1 aromatic heterocycles. The van der Waals surface area contributed by atoms with Crippen molar-refractivity contribution >= 4 is 40.7 Å². The van der Waals surface area contributed by atoms with Crippen LogP contribution in [-0.4, -0.2) is 24.9 Å². The van der Waals surface area contributed by atoms with Crippen LogP contribution < -0.4 is 5.73 Å². The summed E-state index contributed by atoms with van der Waals surface area (Å²) in [7, 11) is 1.45. The van der Waals surface area contributed by atoms with E-state index >= 15 is 0 Å². The van der Waals surface area contributed by atoms with E-state index in [0.717, 1.165) is 29.4 Å². The summed E-state index contributed by atoms with van der Waals surface area (Å²) >= 11 is 9.51. The maximum absolute atomic E-state index is 11.5. The summed E-state index contributed by atoms with van der Waals surface area (Å²) in [6.07, 6.45) is 3.66. The predicted octanol–water partition coefficient (Wildman–Crippen LogP) is 4.26. The van der Waals surface area contributed by atoms with Gasteiger partial charge in [0.25, 0.3) is 0 Å². The topological polar surface area (TPSA) is 52.3 Å². The van der Waals surface area contributed by atoms with Gasteiger partial charge in [0, 0.05) is 16.7 Å². The molecule has 1 saturated carbocycles. The molecular weight excluding hydrogens is 326 g/mol. The first kappa shape index (κ1) is 17.1. The van der Waals surface area contributed by atoms with Crippen LogP contribution in [0.5, 0.6) is 0 Å². The van der Waals surface area contributed by atoms with Gasteiger partial charge in [-0.05, 0) is 36.8 Å². The van der Waals surface area contributed by atoms with Gasteiger partial charge in [-0.15, -0.1) is 11.3 Å². The third kappa shape index (κ3) is 4.62. The molecule has 1 aliphatic rings. The Balaban J connectivity index is 1.98. The zero-order valence-electron chi connectivity index (χ0n) is 12.4. The lowest BCUT2D eigenvalue weighted by Gasteiger charge is -2.24. The second-order valence-corrected chi connectivity index (χ2v) is 8.58. The Morgan fingerprint density at radius 3 is 2.76 bits per heavy atom.